The Morgan fingerprint density at radius 1 is 1.12 bits per heavy atom. The van der Waals surface area contributed by atoms with Crippen molar-refractivity contribution in [1.29, 1.82) is 0 Å². The van der Waals surface area contributed by atoms with E-state index < -0.39 is 29.5 Å². The molecule has 0 saturated carbocycles. The first-order valence-corrected chi connectivity index (χ1v) is 7.41. The van der Waals surface area contributed by atoms with Crippen LogP contribution < -0.4 is 0 Å². The molecule has 0 aromatic heterocycles. The van der Waals surface area contributed by atoms with Gasteiger partial charge in [0, 0.05) is 10.5 Å². The van der Waals surface area contributed by atoms with E-state index in [0.717, 1.165) is 18.9 Å². The summed E-state index contributed by atoms with van der Waals surface area (Å²) in [6.07, 6.45) is -6.17. The summed E-state index contributed by atoms with van der Waals surface area (Å²) in [7, 11) is 1.16. The molecule has 136 valence electrons. The SMILES string of the molecule is COC(=O)CSc1c(C)cc(C(F)(F)C(O)(F)C(F)(F)F)cc1C. The van der Waals surface area contributed by atoms with Crippen LogP contribution in [0.5, 0.6) is 0 Å². The first kappa shape index (κ1) is 20.6. The van der Waals surface area contributed by atoms with Gasteiger partial charge in [0.15, 0.2) is 0 Å². The molecule has 0 radical (unpaired) electrons. The number of rotatable bonds is 5. The molecule has 0 amide bonds. The van der Waals surface area contributed by atoms with Crippen LogP contribution in [0.25, 0.3) is 0 Å². The maximum absolute atomic E-state index is 13.9. The van der Waals surface area contributed by atoms with Crippen LogP contribution in [0.1, 0.15) is 16.7 Å². The average Bonchev–Trinajstić information content (AvgIpc) is 2.44. The Bertz CT molecular complexity index is 604. The Hall–Kier alpha value is -1.42. The van der Waals surface area contributed by atoms with Crippen molar-refractivity contribution >= 4 is 17.7 Å². The molecule has 0 aliphatic heterocycles. The molecule has 1 aromatic carbocycles. The number of methoxy groups -OCH3 is 1. The van der Waals surface area contributed by atoms with E-state index in [0.29, 0.717) is 17.0 Å². The molecule has 1 rings (SSSR count). The van der Waals surface area contributed by atoms with Crippen molar-refractivity contribution in [2.75, 3.05) is 12.9 Å². The highest BCUT2D eigenvalue weighted by molar-refractivity contribution is 8.00. The number of esters is 1. The molecule has 0 spiro atoms. The standard InChI is InChI=1S/C14H14F6O3S/c1-7-4-9(12(15,16)13(17,22)14(18,19)20)5-8(2)11(7)24-6-10(21)23-3/h4-5,22H,6H2,1-3H3. The zero-order valence-corrected chi connectivity index (χ0v) is 13.6. The van der Waals surface area contributed by atoms with Gasteiger partial charge < -0.3 is 9.84 Å². The van der Waals surface area contributed by atoms with Crippen LogP contribution in [0.15, 0.2) is 17.0 Å². The molecule has 0 saturated heterocycles. The fourth-order valence-electron chi connectivity index (χ4n) is 1.92. The second-order valence-corrected chi connectivity index (χ2v) is 5.98. The van der Waals surface area contributed by atoms with Gasteiger partial charge in [0.25, 0.3) is 0 Å². The summed E-state index contributed by atoms with van der Waals surface area (Å²) in [5.41, 5.74) is -1.10. The largest absolute Gasteiger partial charge is 0.468 e. The van der Waals surface area contributed by atoms with E-state index in [1.807, 2.05) is 0 Å². The number of hydrogen-bond donors (Lipinski definition) is 1. The predicted molar refractivity (Wildman–Crippen MR) is 74.7 cm³/mol. The van der Waals surface area contributed by atoms with Crippen LogP contribution in [0.4, 0.5) is 26.3 Å². The lowest BCUT2D eigenvalue weighted by Crippen LogP contribution is -2.53. The first-order chi connectivity index (χ1) is 10.8. The zero-order valence-electron chi connectivity index (χ0n) is 12.8. The number of aryl methyl sites for hydroxylation is 2. The Balaban J connectivity index is 3.26. The smallest absolute Gasteiger partial charge is 0.455 e. The quantitative estimate of drug-likeness (QED) is 0.481. The van der Waals surface area contributed by atoms with Gasteiger partial charge >= 0.3 is 23.9 Å². The van der Waals surface area contributed by atoms with Gasteiger partial charge in [0.2, 0.25) is 0 Å². The Kier molecular flexibility index (Phi) is 5.87. The molecule has 0 aliphatic rings. The molecule has 0 fully saturated rings. The third-order valence-corrected chi connectivity index (χ3v) is 4.49. The maximum Gasteiger partial charge on any atom is 0.455 e. The number of carbonyl (C=O) groups is 1. The number of alkyl halides is 6. The van der Waals surface area contributed by atoms with E-state index in [9.17, 15) is 31.1 Å². The van der Waals surface area contributed by atoms with Gasteiger partial charge in [-0.25, -0.2) is 0 Å². The predicted octanol–water partition coefficient (Wildman–Crippen LogP) is 3.88. The normalized spacial score (nSPS) is 15.1. The van der Waals surface area contributed by atoms with E-state index >= 15 is 0 Å². The number of thioether (sulfide) groups is 1. The molecular formula is C14H14F6O3S. The van der Waals surface area contributed by atoms with Crippen molar-refractivity contribution in [3.63, 3.8) is 0 Å². The van der Waals surface area contributed by atoms with E-state index in [4.69, 9.17) is 5.11 Å². The first-order valence-electron chi connectivity index (χ1n) is 6.43. The van der Waals surface area contributed by atoms with Crippen molar-refractivity contribution < 1.29 is 41.0 Å². The zero-order chi connectivity index (χ0) is 18.9. The molecule has 10 heteroatoms. The number of carbonyl (C=O) groups excluding carboxylic acids is 1. The van der Waals surface area contributed by atoms with Gasteiger partial charge in [0.1, 0.15) is 0 Å². The van der Waals surface area contributed by atoms with E-state index in [1.165, 1.54) is 13.8 Å². The molecule has 0 aliphatic carbocycles. The van der Waals surface area contributed by atoms with Crippen LogP contribution in [0, 0.1) is 13.8 Å². The lowest BCUT2D eigenvalue weighted by molar-refractivity contribution is -0.390. The summed E-state index contributed by atoms with van der Waals surface area (Å²) in [5.74, 6) is -11.6. The highest BCUT2D eigenvalue weighted by atomic mass is 32.2. The van der Waals surface area contributed by atoms with Gasteiger partial charge in [-0.3, -0.25) is 4.79 Å². The molecule has 1 atom stereocenters. The summed E-state index contributed by atoms with van der Waals surface area (Å²) in [6, 6.07) is 1.28. The lowest BCUT2D eigenvalue weighted by Gasteiger charge is -2.31. The van der Waals surface area contributed by atoms with Crippen molar-refractivity contribution in [2.24, 2.45) is 0 Å². The highest BCUT2D eigenvalue weighted by Crippen LogP contribution is 2.49. The van der Waals surface area contributed by atoms with E-state index in [2.05, 4.69) is 4.74 Å². The number of ether oxygens (including phenoxy) is 1. The second-order valence-electron chi connectivity index (χ2n) is 5.00. The summed E-state index contributed by atoms with van der Waals surface area (Å²) in [5, 5.41) is 8.68. The topological polar surface area (TPSA) is 46.5 Å². The van der Waals surface area contributed by atoms with Crippen LogP contribution in [0.3, 0.4) is 0 Å². The molecule has 0 heterocycles. The van der Waals surface area contributed by atoms with E-state index in [1.54, 1.807) is 0 Å². The third kappa shape index (κ3) is 3.80. The Labute approximate surface area is 138 Å². The highest BCUT2D eigenvalue weighted by Gasteiger charge is 2.71. The molecule has 3 nitrogen and oxygen atoms in total. The van der Waals surface area contributed by atoms with Gasteiger partial charge in [-0.15, -0.1) is 11.8 Å². The van der Waals surface area contributed by atoms with Gasteiger partial charge in [-0.1, -0.05) is 0 Å². The molecule has 1 N–H and O–H groups in total. The third-order valence-electron chi connectivity index (χ3n) is 3.18. The monoisotopic (exact) mass is 376 g/mol. The van der Waals surface area contributed by atoms with Crippen LogP contribution in [-0.4, -0.2) is 36.0 Å². The molecule has 1 aromatic rings. The lowest BCUT2D eigenvalue weighted by atomic mass is 9.97. The van der Waals surface area contributed by atoms with Gasteiger partial charge in [0.05, 0.1) is 12.9 Å². The minimum atomic E-state index is -6.17. The molecular weight excluding hydrogens is 362 g/mol. The molecule has 1 unspecified atom stereocenters. The minimum Gasteiger partial charge on any atom is -0.468 e. The van der Waals surface area contributed by atoms with Gasteiger partial charge in [-0.2, -0.15) is 26.3 Å². The average molecular weight is 376 g/mol. The fraction of sp³-hybridized carbons (Fsp3) is 0.500. The summed E-state index contributed by atoms with van der Waals surface area (Å²) < 4.78 is 82.6. The number of benzene rings is 1. The second kappa shape index (κ2) is 6.83. The number of halogens is 6. The van der Waals surface area contributed by atoms with Crippen LogP contribution >= 0.6 is 11.8 Å². The summed E-state index contributed by atoms with van der Waals surface area (Å²) in [6.45, 7) is 2.63. The van der Waals surface area contributed by atoms with Crippen LogP contribution in [0.2, 0.25) is 0 Å². The van der Waals surface area contributed by atoms with E-state index in [-0.39, 0.29) is 16.9 Å². The number of aliphatic hydroxyl groups is 1. The summed E-state index contributed by atoms with van der Waals surface area (Å²) in [4.78, 5) is 11.5. The Morgan fingerprint density at radius 3 is 1.96 bits per heavy atom. The summed E-state index contributed by atoms with van der Waals surface area (Å²) >= 11 is 0.941. The Morgan fingerprint density at radius 2 is 1.58 bits per heavy atom. The number of hydrogen-bond acceptors (Lipinski definition) is 4. The van der Waals surface area contributed by atoms with Crippen LogP contribution in [-0.2, 0) is 15.5 Å². The molecule has 0 bridgehead atoms. The van der Waals surface area contributed by atoms with Gasteiger partial charge in [-0.05, 0) is 37.1 Å². The van der Waals surface area contributed by atoms with Crippen molar-refractivity contribution in [2.45, 2.75) is 36.7 Å². The fourth-order valence-corrected chi connectivity index (χ4v) is 2.87. The maximum atomic E-state index is 13.9. The van der Waals surface area contributed by atoms with Crippen molar-refractivity contribution in [3.8, 4) is 0 Å². The minimum absolute atomic E-state index is 0.108. The van der Waals surface area contributed by atoms with Crippen molar-refractivity contribution in [3.05, 3.63) is 28.8 Å². The van der Waals surface area contributed by atoms with Crippen molar-refractivity contribution in [1.82, 2.24) is 0 Å². The molecule has 24 heavy (non-hydrogen) atoms.